The standard InChI is InChI=1S/C22H29ClN2O3S/c1-15(17-10-12-18(13-11-17)22(3,4)5)24-21(26)16(2)25(29(6,27)28)20-9-7-8-19(23)14-20/h7-16H,1-6H3,(H,24,26)/t15-,16-/m0/s1. The molecule has 0 heterocycles. The molecular formula is C22H29ClN2O3S. The summed E-state index contributed by atoms with van der Waals surface area (Å²) in [4.78, 5) is 12.8. The summed E-state index contributed by atoms with van der Waals surface area (Å²) < 4.78 is 25.8. The average molecular weight is 437 g/mol. The zero-order valence-electron chi connectivity index (χ0n) is 17.7. The van der Waals surface area contributed by atoms with E-state index >= 15 is 0 Å². The fraction of sp³-hybridized carbons (Fsp3) is 0.409. The molecule has 0 aliphatic heterocycles. The highest BCUT2D eigenvalue weighted by molar-refractivity contribution is 7.92. The van der Waals surface area contributed by atoms with Gasteiger partial charge in [0.15, 0.2) is 0 Å². The van der Waals surface area contributed by atoms with Gasteiger partial charge in [0.1, 0.15) is 6.04 Å². The highest BCUT2D eigenvalue weighted by Gasteiger charge is 2.30. The van der Waals surface area contributed by atoms with Crippen molar-refractivity contribution in [3.8, 4) is 0 Å². The molecule has 1 N–H and O–H groups in total. The van der Waals surface area contributed by atoms with Crippen LogP contribution >= 0.6 is 11.6 Å². The Labute approximate surface area is 179 Å². The van der Waals surface area contributed by atoms with Gasteiger partial charge in [-0.15, -0.1) is 0 Å². The van der Waals surface area contributed by atoms with Crippen LogP contribution in [-0.2, 0) is 20.2 Å². The number of hydrogen-bond acceptors (Lipinski definition) is 3. The van der Waals surface area contributed by atoms with Gasteiger partial charge in [0, 0.05) is 5.02 Å². The van der Waals surface area contributed by atoms with Crippen LogP contribution in [-0.4, -0.2) is 26.6 Å². The maximum atomic E-state index is 12.8. The van der Waals surface area contributed by atoms with Crippen molar-refractivity contribution in [2.75, 3.05) is 10.6 Å². The van der Waals surface area contributed by atoms with Crippen molar-refractivity contribution in [1.29, 1.82) is 0 Å². The Balaban J connectivity index is 2.21. The Morgan fingerprint density at radius 1 is 1.07 bits per heavy atom. The second-order valence-electron chi connectivity index (χ2n) is 8.32. The number of nitrogens with zero attached hydrogens (tertiary/aromatic N) is 1. The number of nitrogens with one attached hydrogen (secondary N) is 1. The summed E-state index contributed by atoms with van der Waals surface area (Å²) in [6.45, 7) is 9.87. The van der Waals surface area contributed by atoms with Gasteiger partial charge in [0.05, 0.1) is 18.0 Å². The van der Waals surface area contributed by atoms with Crippen LogP contribution in [0.4, 0.5) is 5.69 Å². The summed E-state index contributed by atoms with van der Waals surface area (Å²) in [7, 11) is -3.69. The monoisotopic (exact) mass is 436 g/mol. The number of halogens is 1. The van der Waals surface area contributed by atoms with Gasteiger partial charge in [-0.2, -0.15) is 0 Å². The van der Waals surface area contributed by atoms with Gasteiger partial charge in [0.25, 0.3) is 0 Å². The van der Waals surface area contributed by atoms with Crippen LogP contribution in [0.5, 0.6) is 0 Å². The van der Waals surface area contributed by atoms with Crippen molar-refractivity contribution in [2.45, 2.75) is 52.1 Å². The summed E-state index contributed by atoms with van der Waals surface area (Å²) in [5, 5.41) is 3.31. The van der Waals surface area contributed by atoms with Crippen LogP contribution in [0.2, 0.25) is 5.02 Å². The maximum absolute atomic E-state index is 12.8. The van der Waals surface area contributed by atoms with Gasteiger partial charge in [-0.3, -0.25) is 9.10 Å². The van der Waals surface area contributed by atoms with Crippen molar-refractivity contribution in [1.82, 2.24) is 5.32 Å². The van der Waals surface area contributed by atoms with Crippen molar-refractivity contribution >= 4 is 33.2 Å². The molecule has 7 heteroatoms. The van der Waals surface area contributed by atoms with Crippen molar-refractivity contribution in [2.24, 2.45) is 0 Å². The molecule has 0 aliphatic rings. The lowest BCUT2D eigenvalue weighted by Gasteiger charge is -2.29. The van der Waals surface area contributed by atoms with E-state index in [-0.39, 0.29) is 17.4 Å². The lowest BCUT2D eigenvalue weighted by atomic mass is 9.86. The number of sulfonamides is 1. The van der Waals surface area contributed by atoms with E-state index in [1.54, 1.807) is 25.1 Å². The van der Waals surface area contributed by atoms with Gasteiger partial charge in [-0.25, -0.2) is 8.42 Å². The molecule has 1 amide bonds. The largest absolute Gasteiger partial charge is 0.348 e. The van der Waals surface area contributed by atoms with Gasteiger partial charge < -0.3 is 5.32 Å². The molecular weight excluding hydrogens is 408 g/mol. The van der Waals surface area contributed by atoms with Crippen molar-refractivity contribution in [3.05, 3.63) is 64.7 Å². The summed E-state index contributed by atoms with van der Waals surface area (Å²) in [5.41, 5.74) is 2.56. The summed E-state index contributed by atoms with van der Waals surface area (Å²) in [5.74, 6) is -0.386. The Kier molecular flexibility index (Phi) is 7.01. The van der Waals surface area contributed by atoms with E-state index in [4.69, 9.17) is 11.6 Å². The molecule has 29 heavy (non-hydrogen) atoms. The summed E-state index contributed by atoms with van der Waals surface area (Å²) >= 11 is 6.01. The normalized spacial score (nSPS) is 14.2. The predicted octanol–water partition coefficient (Wildman–Crippen LogP) is 4.67. The van der Waals surface area contributed by atoms with Gasteiger partial charge in [-0.05, 0) is 48.6 Å². The van der Waals surface area contributed by atoms with E-state index in [9.17, 15) is 13.2 Å². The van der Waals surface area contributed by atoms with Crippen LogP contribution < -0.4 is 9.62 Å². The molecule has 0 spiro atoms. The van der Waals surface area contributed by atoms with E-state index in [0.717, 1.165) is 16.1 Å². The lowest BCUT2D eigenvalue weighted by molar-refractivity contribution is -0.122. The van der Waals surface area contributed by atoms with E-state index in [2.05, 4.69) is 38.2 Å². The minimum atomic E-state index is -3.69. The molecule has 0 aliphatic carbocycles. The third-order valence-corrected chi connectivity index (χ3v) is 6.26. The Morgan fingerprint density at radius 3 is 2.14 bits per heavy atom. The number of hydrogen-bond donors (Lipinski definition) is 1. The Bertz CT molecular complexity index is 966. The van der Waals surface area contributed by atoms with Crippen molar-refractivity contribution < 1.29 is 13.2 Å². The predicted molar refractivity (Wildman–Crippen MR) is 120 cm³/mol. The summed E-state index contributed by atoms with van der Waals surface area (Å²) in [6, 6.07) is 13.3. The first-order valence-corrected chi connectivity index (χ1v) is 11.7. The molecule has 0 fully saturated rings. The van der Waals surface area contributed by atoms with Crippen LogP contribution in [0.25, 0.3) is 0 Å². The zero-order chi connectivity index (χ0) is 22.0. The molecule has 0 aromatic heterocycles. The molecule has 2 atom stereocenters. The topological polar surface area (TPSA) is 66.5 Å². The number of carbonyl (C=O) groups excluding carboxylic acids is 1. The second-order valence-corrected chi connectivity index (χ2v) is 10.6. The van der Waals surface area contributed by atoms with E-state index in [1.165, 1.54) is 11.6 Å². The first kappa shape index (κ1) is 23.2. The molecule has 158 valence electrons. The number of amides is 1. The Morgan fingerprint density at radius 2 is 1.66 bits per heavy atom. The minimum absolute atomic E-state index is 0.0481. The van der Waals surface area contributed by atoms with E-state index < -0.39 is 16.1 Å². The number of carbonyl (C=O) groups is 1. The van der Waals surface area contributed by atoms with Gasteiger partial charge in [-0.1, -0.05) is 62.7 Å². The average Bonchev–Trinajstić information content (AvgIpc) is 2.60. The maximum Gasteiger partial charge on any atom is 0.244 e. The SMILES string of the molecule is C[C@H](NC(=O)[C@H](C)N(c1cccc(Cl)c1)S(C)(=O)=O)c1ccc(C(C)(C)C)cc1. The van der Waals surface area contributed by atoms with Crippen molar-refractivity contribution in [3.63, 3.8) is 0 Å². The molecule has 0 unspecified atom stereocenters. The van der Waals surface area contributed by atoms with Crippen LogP contribution in [0.15, 0.2) is 48.5 Å². The number of benzene rings is 2. The third-order valence-electron chi connectivity index (χ3n) is 4.79. The first-order valence-electron chi connectivity index (χ1n) is 9.46. The quantitative estimate of drug-likeness (QED) is 0.715. The van der Waals surface area contributed by atoms with Gasteiger partial charge >= 0.3 is 0 Å². The molecule has 0 radical (unpaired) electrons. The molecule has 0 saturated heterocycles. The highest BCUT2D eigenvalue weighted by atomic mass is 35.5. The minimum Gasteiger partial charge on any atom is -0.348 e. The van der Waals surface area contributed by atoms with Crippen LogP contribution in [0.1, 0.15) is 51.8 Å². The number of anilines is 1. The summed E-state index contributed by atoms with van der Waals surface area (Å²) in [6.07, 6.45) is 1.08. The zero-order valence-corrected chi connectivity index (χ0v) is 19.3. The Hall–Kier alpha value is -2.05. The molecule has 2 aromatic rings. The van der Waals surface area contributed by atoms with Gasteiger partial charge in [0.2, 0.25) is 15.9 Å². The fourth-order valence-electron chi connectivity index (χ4n) is 3.11. The molecule has 0 bridgehead atoms. The second kappa shape index (κ2) is 8.76. The van der Waals surface area contributed by atoms with E-state index in [0.29, 0.717) is 10.7 Å². The first-order chi connectivity index (χ1) is 13.3. The highest BCUT2D eigenvalue weighted by Crippen LogP contribution is 2.26. The lowest BCUT2D eigenvalue weighted by Crippen LogP contribution is -2.48. The molecule has 2 rings (SSSR count). The fourth-order valence-corrected chi connectivity index (χ4v) is 4.46. The third kappa shape index (κ3) is 5.97. The smallest absolute Gasteiger partial charge is 0.244 e. The van der Waals surface area contributed by atoms with E-state index in [1.807, 2.05) is 19.1 Å². The molecule has 5 nitrogen and oxygen atoms in total. The molecule has 2 aromatic carbocycles. The number of rotatable bonds is 6. The van der Waals surface area contributed by atoms with Crippen LogP contribution in [0, 0.1) is 0 Å². The van der Waals surface area contributed by atoms with Crippen LogP contribution in [0.3, 0.4) is 0 Å². The molecule has 0 saturated carbocycles.